The van der Waals surface area contributed by atoms with E-state index in [0.717, 1.165) is 0 Å². The van der Waals surface area contributed by atoms with Crippen LogP contribution in [0.5, 0.6) is 0 Å². The summed E-state index contributed by atoms with van der Waals surface area (Å²) in [5.74, 6) is -0.403. The monoisotopic (exact) mass is 206 g/mol. The number of hydrogen-bond acceptors (Lipinski definition) is 4. The zero-order chi connectivity index (χ0) is 10.1. The fraction of sp³-hybridized carbons (Fsp3) is 0.500. The second-order valence-electron chi connectivity index (χ2n) is 2.11. The van der Waals surface area contributed by atoms with Crippen molar-refractivity contribution >= 4 is 23.0 Å². The number of esters is 1. The van der Waals surface area contributed by atoms with Gasteiger partial charge in [0.15, 0.2) is 0 Å². The van der Waals surface area contributed by atoms with E-state index in [4.69, 9.17) is 16.3 Å². The minimum atomic E-state index is -0.847. The topological polar surface area (TPSA) is 52.6 Å². The molecule has 0 unspecified atom stereocenters. The molecule has 0 aromatic heterocycles. The Bertz CT molecular complexity index is 200. The van der Waals surface area contributed by atoms with Gasteiger partial charge in [-0.1, -0.05) is 6.08 Å². The predicted molar refractivity (Wildman–Crippen MR) is 47.6 cm³/mol. The van der Waals surface area contributed by atoms with Crippen molar-refractivity contribution in [2.75, 3.05) is 13.2 Å². The summed E-state index contributed by atoms with van der Waals surface area (Å²) in [6.07, 6.45) is 3.34. The van der Waals surface area contributed by atoms with Crippen LogP contribution < -0.4 is 0 Å². The molecule has 0 fully saturated rings. The van der Waals surface area contributed by atoms with Crippen LogP contribution >= 0.6 is 11.6 Å². The number of carbonyl (C=O) groups is 2. The molecule has 0 aliphatic heterocycles. The molecular weight excluding hydrogens is 196 g/mol. The van der Waals surface area contributed by atoms with Crippen LogP contribution in [0.4, 0.5) is 4.79 Å². The molecule has 0 atom stereocenters. The van der Waals surface area contributed by atoms with Crippen molar-refractivity contribution in [1.29, 1.82) is 0 Å². The van der Waals surface area contributed by atoms with E-state index in [1.54, 1.807) is 13.0 Å². The maximum absolute atomic E-state index is 10.7. The SMILES string of the molecule is CC=CC(=O)OCCCOC(=O)Cl. The molecule has 13 heavy (non-hydrogen) atoms. The first kappa shape index (κ1) is 12.0. The van der Waals surface area contributed by atoms with Gasteiger partial charge >= 0.3 is 11.4 Å². The van der Waals surface area contributed by atoms with E-state index < -0.39 is 11.4 Å². The Balaban J connectivity index is 3.25. The van der Waals surface area contributed by atoms with Crippen LogP contribution in [-0.2, 0) is 14.3 Å². The van der Waals surface area contributed by atoms with E-state index in [-0.39, 0.29) is 13.2 Å². The first-order chi connectivity index (χ1) is 6.16. The van der Waals surface area contributed by atoms with Crippen LogP contribution in [0.15, 0.2) is 12.2 Å². The third kappa shape index (κ3) is 8.88. The Morgan fingerprint density at radius 3 is 2.46 bits per heavy atom. The van der Waals surface area contributed by atoms with Crippen molar-refractivity contribution in [2.45, 2.75) is 13.3 Å². The maximum atomic E-state index is 10.7. The zero-order valence-electron chi connectivity index (χ0n) is 7.29. The van der Waals surface area contributed by atoms with Gasteiger partial charge in [0, 0.05) is 24.1 Å². The molecule has 5 heteroatoms. The number of hydrogen-bond donors (Lipinski definition) is 0. The molecule has 0 saturated carbocycles. The molecule has 0 aliphatic carbocycles. The smallest absolute Gasteiger partial charge is 0.403 e. The van der Waals surface area contributed by atoms with Crippen molar-refractivity contribution in [2.24, 2.45) is 0 Å². The minimum Gasteiger partial charge on any atom is -0.462 e. The number of rotatable bonds is 5. The molecule has 74 valence electrons. The van der Waals surface area contributed by atoms with Crippen LogP contribution in [0, 0.1) is 0 Å². The highest BCUT2D eigenvalue weighted by molar-refractivity contribution is 6.61. The van der Waals surface area contributed by atoms with Gasteiger partial charge in [-0.3, -0.25) is 0 Å². The van der Waals surface area contributed by atoms with E-state index in [0.29, 0.717) is 6.42 Å². The minimum absolute atomic E-state index is 0.158. The van der Waals surface area contributed by atoms with Crippen molar-refractivity contribution < 1.29 is 19.1 Å². The molecule has 0 spiro atoms. The highest BCUT2D eigenvalue weighted by atomic mass is 35.5. The third-order valence-corrected chi connectivity index (χ3v) is 1.16. The van der Waals surface area contributed by atoms with Crippen LogP contribution in [0.3, 0.4) is 0 Å². The van der Waals surface area contributed by atoms with Crippen LogP contribution in [0.1, 0.15) is 13.3 Å². The summed E-state index contributed by atoms with van der Waals surface area (Å²) < 4.78 is 9.10. The van der Waals surface area contributed by atoms with E-state index in [9.17, 15) is 9.59 Å². The van der Waals surface area contributed by atoms with Crippen molar-refractivity contribution in [3.8, 4) is 0 Å². The van der Waals surface area contributed by atoms with Crippen molar-refractivity contribution in [3.05, 3.63) is 12.2 Å². The lowest BCUT2D eigenvalue weighted by atomic mass is 10.5. The van der Waals surface area contributed by atoms with Gasteiger partial charge in [-0.15, -0.1) is 0 Å². The Morgan fingerprint density at radius 1 is 1.31 bits per heavy atom. The van der Waals surface area contributed by atoms with Gasteiger partial charge < -0.3 is 9.47 Å². The molecular formula is C8H11ClO4. The molecule has 0 N–H and O–H groups in total. The molecule has 0 heterocycles. The second-order valence-corrected chi connectivity index (χ2v) is 2.42. The Morgan fingerprint density at radius 2 is 1.92 bits per heavy atom. The van der Waals surface area contributed by atoms with Crippen LogP contribution in [0.25, 0.3) is 0 Å². The molecule has 0 rings (SSSR count). The highest BCUT2D eigenvalue weighted by Gasteiger charge is 1.97. The maximum Gasteiger partial charge on any atom is 0.403 e. The van der Waals surface area contributed by atoms with Crippen molar-refractivity contribution in [3.63, 3.8) is 0 Å². The van der Waals surface area contributed by atoms with E-state index >= 15 is 0 Å². The molecule has 4 nitrogen and oxygen atoms in total. The van der Waals surface area contributed by atoms with Gasteiger partial charge in [0.25, 0.3) is 0 Å². The van der Waals surface area contributed by atoms with E-state index in [1.807, 2.05) is 0 Å². The molecule has 0 aromatic carbocycles. The fourth-order valence-electron chi connectivity index (χ4n) is 0.568. The molecule has 0 aromatic rings. The predicted octanol–water partition coefficient (Wildman–Crippen LogP) is 1.87. The number of carbonyl (C=O) groups excluding carboxylic acids is 2. The average molecular weight is 207 g/mol. The lowest BCUT2D eigenvalue weighted by Gasteiger charge is -2.01. The number of halogens is 1. The highest BCUT2D eigenvalue weighted by Crippen LogP contribution is 1.91. The largest absolute Gasteiger partial charge is 0.462 e. The zero-order valence-corrected chi connectivity index (χ0v) is 8.04. The summed E-state index contributed by atoms with van der Waals surface area (Å²) in [5.41, 5.74) is -0.847. The summed E-state index contributed by atoms with van der Waals surface area (Å²) in [5, 5.41) is 0. The van der Waals surface area contributed by atoms with E-state index in [1.165, 1.54) is 6.08 Å². The fourth-order valence-corrected chi connectivity index (χ4v) is 0.645. The summed E-state index contributed by atoms with van der Waals surface area (Å²) in [7, 11) is 0. The third-order valence-electron chi connectivity index (χ3n) is 1.05. The summed E-state index contributed by atoms with van der Waals surface area (Å²) in [6, 6.07) is 0. The first-order valence-corrected chi connectivity index (χ1v) is 4.16. The molecule has 0 amide bonds. The number of allylic oxidation sites excluding steroid dienone is 1. The Kier molecular flexibility index (Phi) is 7.01. The van der Waals surface area contributed by atoms with Gasteiger partial charge in [0.2, 0.25) is 0 Å². The quantitative estimate of drug-likeness (QED) is 0.298. The molecule has 0 aliphatic rings. The van der Waals surface area contributed by atoms with Gasteiger partial charge in [-0.25, -0.2) is 9.59 Å². The van der Waals surface area contributed by atoms with Gasteiger partial charge in [-0.2, -0.15) is 0 Å². The van der Waals surface area contributed by atoms with Crippen LogP contribution in [-0.4, -0.2) is 24.6 Å². The normalized spacial score (nSPS) is 10.0. The van der Waals surface area contributed by atoms with Crippen LogP contribution in [0.2, 0.25) is 0 Å². The standard InChI is InChI=1S/C8H11ClO4/c1-2-4-7(10)12-5-3-6-13-8(9)11/h2,4H,3,5-6H2,1H3. The van der Waals surface area contributed by atoms with Crippen molar-refractivity contribution in [1.82, 2.24) is 0 Å². The number of ether oxygens (including phenoxy) is 2. The first-order valence-electron chi connectivity index (χ1n) is 3.78. The van der Waals surface area contributed by atoms with Gasteiger partial charge in [0.1, 0.15) is 0 Å². The molecule has 0 bridgehead atoms. The summed E-state index contributed by atoms with van der Waals surface area (Å²) in [6.45, 7) is 2.09. The van der Waals surface area contributed by atoms with Gasteiger partial charge in [0.05, 0.1) is 13.2 Å². The summed E-state index contributed by atoms with van der Waals surface area (Å²) in [4.78, 5) is 20.8. The van der Waals surface area contributed by atoms with Gasteiger partial charge in [-0.05, 0) is 6.92 Å². The summed E-state index contributed by atoms with van der Waals surface area (Å²) >= 11 is 4.89. The Labute approximate surface area is 81.5 Å². The lowest BCUT2D eigenvalue weighted by molar-refractivity contribution is -0.138. The lowest BCUT2D eigenvalue weighted by Crippen LogP contribution is -2.06. The molecule has 0 saturated heterocycles. The second kappa shape index (κ2) is 7.61. The average Bonchev–Trinajstić information content (AvgIpc) is 2.03. The van der Waals surface area contributed by atoms with E-state index in [2.05, 4.69) is 4.74 Å². The Hall–Kier alpha value is -1.03. The molecule has 0 radical (unpaired) electrons.